The van der Waals surface area contributed by atoms with E-state index in [9.17, 15) is 9.59 Å². The summed E-state index contributed by atoms with van der Waals surface area (Å²) in [4.78, 5) is 27.5. The molecule has 0 radical (unpaired) electrons. The fourth-order valence-electron chi connectivity index (χ4n) is 3.89. The van der Waals surface area contributed by atoms with Gasteiger partial charge in [0.2, 0.25) is 11.8 Å². The molecule has 0 bridgehead atoms. The van der Waals surface area contributed by atoms with E-state index in [2.05, 4.69) is 39.1 Å². The highest BCUT2D eigenvalue weighted by molar-refractivity contribution is 6.04. The van der Waals surface area contributed by atoms with Crippen molar-refractivity contribution >= 4 is 23.2 Å². The Morgan fingerprint density at radius 3 is 2.54 bits per heavy atom. The zero-order chi connectivity index (χ0) is 20.5. The van der Waals surface area contributed by atoms with E-state index < -0.39 is 0 Å². The Morgan fingerprint density at radius 1 is 1.14 bits per heavy atom. The molecule has 2 aromatic carbocycles. The lowest BCUT2D eigenvalue weighted by atomic mass is 9.85. The van der Waals surface area contributed by atoms with E-state index in [0.29, 0.717) is 6.54 Å². The maximum absolute atomic E-state index is 12.9. The van der Waals surface area contributed by atoms with Gasteiger partial charge in [-0.3, -0.25) is 9.59 Å². The SMILES string of the molecule is CCc1cccc(C)c1NC(=O)C1CC(=O)N(c2ccccc2C(C)(C)C)C1. The number of aryl methyl sites for hydroxylation is 2. The van der Waals surface area contributed by atoms with Crippen LogP contribution in [0.5, 0.6) is 0 Å². The first kappa shape index (κ1) is 20.1. The fraction of sp³-hybridized carbons (Fsp3) is 0.417. The number of para-hydroxylation sites is 2. The number of anilines is 2. The van der Waals surface area contributed by atoms with Crippen molar-refractivity contribution in [3.63, 3.8) is 0 Å². The first-order valence-corrected chi connectivity index (χ1v) is 10.0. The van der Waals surface area contributed by atoms with Gasteiger partial charge < -0.3 is 10.2 Å². The van der Waals surface area contributed by atoms with Crippen molar-refractivity contribution in [2.24, 2.45) is 5.92 Å². The third-order valence-electron chi connectivity index (χ3n) is 5.49. The Morgan fingerprint density at radius 2 is 1.86 bits per heavy atom. The minimum absolute atomic E-state index is 0.0114. The van der Waals surface area contributed by atoms with Gasteiger partial charge in [0, 0.05) is 24.3 Å². The maximum Gasteiger partial charge on any atom is 0.229 e. The minimum atomic E-state index is -0.343. The molecule has 1 fully saturated rings. The van der Waals surface area contributed by atoms with Crippen LogP contribution in [0.4, 0.5) is 11.4 Å². The Labute approximate surface area is 167 Å². The molecule has 1 N–H and O–H groups in total. The average molecular weight is 379 g/mol. The summed E-state index contributed by atoms with van der Waals surface area (Å²) in [5.41, 5.74) is 5.02. The third-order valence-corrected chi connectivity index (χ3v) is 5.49. The number of nitrogens with zero attached hydrogens (tertiary/aromatic N) is 1. The number of hydrogen-bond donors (Lipinski definition) is 1. The van der Waals surface area contributed by atoms with Crippen LogP contribution in [0.25, 0.3) is 0 Å². The predicted molar refractivity (Wildman–Crippen MR) is 115 cm³/mol. The summed E-state index contributed by atoms with van der Waals surface area (Å²) in [5.74, 6) is -0.407. The van der Waals surface area contributed by atoms with Gasteiger partial charge in [0.15, 0.2) is 0 Å². The van der Waals surface area contributed by atoms with Crippen molar-refractivity contribution in [3.8, 4) is 0 Å². The topological polar surface area (TPSA) is 49.4 Å². The normalized spacial score (nSPS) is 17.1. The summed E-state index contributed by atoms with van der Waals surface area (Å²) in [6, 6.07) is 14.0. The molecule has 2 aromatic rings. The number of hydrogen-bond acceptors (Lipinski definition) is 2. The summed E-state index contributed by atoms with van der Waals surface area (Å²) >= 11 is 0. The summed E-state index contributed by atoms with van der Waals surface area (Å²) in [6.07, 6.45) is 1.10. The molecule has 0 aliphatic carbocycles. The van der Waals surface area contributed by atoms with E-state index in [0.717, 1.165) is 34.5 Å². The van der Waals surface area contributed by atoms with Crippen LogP contribution in [0.3, 0.4) is 0 Å². The molecule has 4 heteroatoms. The van der Waals surface area contributed by atoms with E-state index in [-0.39, 0.29) is 29.6 Å². The second-order valence-corrected chi connectivity index (χ2v) is 8.62. The maximum atomic E-state index is 12.9. The molecule has 0 saturated carbocycles. The molecule has 28 heavy (non-hydrogen) atoms. The van der Waals surface area contributed by atoms with Crippen molar-refractivity contribution in [2.75, 3.05) is 16.8 Å². The van der Waals surface area contributed by atoms with Gasteiger partial charge in [0.25, 0.3) is 0 Å². The highest BCUT2D eigenvalue weighted by Crippen LogP contribution is 2.35. The number of nitrogens with one attached hydrogen (secondary N) is 1. The molecule has 0 spiro atoms. The van der Waals surface area contributed by atoms with Gasteiger partial charge >= 0.3 is 0 Å². The molecule has 3 rings (SSSR count). The minimum Gasteiger partial charge on any atom is -0.325 e. The molecule has 1 aliphatic rings. The monoisotopic (exact) mass is 378 g/mol. The fourth-order valence-corrected chi connectivity index (χ4v) is 3.89. The molecule has 2 amide bonds. The van der Waals surface area contributed by atoms with Crippen LogP contribution in [-0.4, -0.2) is 18.4 Å². The van der Waals surface area contributed by atoms with Crippen LogP contribution < -0.4 is 10.2 Å². The van der Waals surface area contributed by atoms with Crippen LogP contribution in [0.15, 0.2) is 42.5 Å². The van der Waals surface area contributed by atoms with E-state index in [1.807, 2.05) is 43.3 Å². The molecule has 1 heterocycles. The molecule has 1 aliphatic heterocycles. The van der Waals surface area contributed by atoms with Crippen molar-refractivity contribution in [2.45, 2.75) is 52.9 Å². The Balaban J connectivity index is 1.82. The second-order valence-electron chi connectivity index (χ2n) is 8.62. The Kier molecular flexibility index (Phi) is 5.59. The largest absolute Gasteiger partial charge is 0.325 e. The number of benzene rings is 2. The van der Waals surface area contributed by atoms with Gasteiger partial charge in [-0.2, -0.15) is 0 Å². The van der Waals surface area contributed by atoms with Crippen LogP contribution in [0, 0.1) is 12.8 Å². The van der Waals surface area contributed by atoms with E-state index in [4.69, 9.17) is 0 Å². The van der Waals surface area contributed by atoms with Crippen LogP contribution in [-0.2, 0) is 21.4 Å². The molecule has 1 atom stereocenters. The van der Waals surface area contributed by atoms with Crippen molar-refractivity contribution in [1.29, 1.82) is 0 Å². The van der Waals surface area contributed by atoms with Crippen LogP contribution in [0.1, 0.15) is 50.8 Å². The summed E-state index contributed by atoms with van der Waals surface area (Å²) in [5, 5.41) is 3.09. The third kappa shape index (κ3) is 3.96. The quantitative estimate of drug-likeness (QED) is 0.827. The lowest BCUT2D eigenvalue weighted by Crippen LogP contribution is -2.30. The first-order chi connectivity index (χ1) is 13.2. The lowest BCUT2D eigenvalue weighted by Gasteiger charge is -2.27. The Hall–Kier alpha value is -2.62. The first-order valence-electron chi connectivity index (χ1n) is 10.0. The molecule has 1 unspecified atom stereocenters. The van der Waals surface area contributed by atoms with E-state index in [1.54, 1.807) is 4.90 Å². The molecule has 1 saturated heterocycles. The highest BCUT2D eigenvalue weighted by Gasteiger charge is 2.37. The predicted octanol–water partition coefficient (Wildman–Crippen LogP) is 4.85. The van der Waals surface area contributed by atoms with Crippen LogP contribution >= 0.6 is 0 Å². The zero-order valence-electron chi connectivity index (χ0n) is 17.5. The van der Waals surface area contributed by atoms with Gasteiger partial charge in [-0.25, -0.2) is 0 Å². The summed E-state index contributed by atoms with van der Waals surface area (Å²) < 4.78 is 0. The van der Waals surface area contributed by atoms with Crippen molar-refractivity contribution in [3.05, 3.63) is 59.2 Å². The number of carbonyl (C=O) groups is 2. The average Bonchev–Trinajstić information content (AvgIpc) is 3.04. The van der Waals surface area contributed by atoms with Crippen molar-refractivity contribution in [1.82, 2.24) is 0 Å². The van der Waals surface area contributed by atoms with Gasteiger partial charge in [-0.15, -0.1) is 0 Å². The lowest BCUT2D eigenvalue weighted by molar-refractivity contribution is -0.122. The standard InChI is InChI=1S/C24H30N2O2/c1-6-17-11-9-10-16(2)22(17)25-23(28)18-14-21(27)26(15-18)20-13-8-7-12-19(20)24(3,4)5/h7-13,18H,6,14-15H2,1-5H3,(H,25,28). The molecular weight excluding hydrogens is 348 g/mol. The zero-order valence-corrected chi connectivity index (χ0v) is 17.5. The van der Waals surface area contributed by atoms with Crippen molar-refractivity contribution < 1.29 is 9.59 Å². The van der Waals surface area contributed by atoms with Gasteiger partial charge in [-0.05, 0) is 41.5 Å². The molecule has 4 nitrogen and oxygen atoms in total. The highest BCUT2D eigenvalue weighted by atomic mass is 16.2. The Bertz CT molecular complexity index is 896. The number of rotatable bonds is 4. The summed E-state index contributed by atoms with van der Waals surface area (Å²) in [6.45, 7) is 10.9. The molecular formula is C24H30N2O2. The van der Waals surface area contributed by atoms with Crippen LogP contribution in [0.2, 0.25) is 0 Å². The number of amides is 2. The molecule has 148 valence electrons. The second kappa shape index (κ2) is 7.78. The summed E-state index contributed by atoms with van der Waals surface area (Å²) in [7, 11) is 0. The molecule has 0 aromatic heterocycles. The van der Waals surface area contributed by atoms with E-state index in [1.165, 1.54) is 0 Å². The van der Waals surface area contributed by atoms with E-state index >= 15 is 0 Å². The smallest absolute Gasteiger partial charge is 0.229 e. The van der Waals surface area contributed by atoms with Gasteiger partial charge in [0.1, 0.15) is 0 Å². The van der Waals surface area contributed by atoms with Gasteiger partial charge in [0.05, 0.1) is 5.92 Å². The number of carbonyl (C=O) groups excluding carboxylic acids is 2. The van der Waals surface area contributed by atoms with Gasteiger partial charge in [-0.1, -0.05) is 64.1 Å².